The van der Waals surface area contributed by atoms with Gasteiger partial charge in [0, 0.05) is 0 Å². The number of rotatable bonds is 6. The Labute approximate surface area is 194 Å². The van der Waals surface area contributed by atoms with Crippen molar-refractivity contribution >= 4 is 5.97 Å². The lowest BCUT2D eigenvalue weighted by atomic mass is 9.44. The molecule has 2 unspecified atom stereocenters. The minimum absolute atomic E-state index is 0.156. The van der Waals surface area contributed by atoms with Gasteiger partial charge in [0.1, 0.15) is 0 Å². The molecule has 4 N–H and O–H groups in total. The summed E-state index contributed by atoms with van der Waals surface area (Å²) in [7, 11) is 0. The van der Waals surface area contributed by atoms with Crippen LogP contribution in [-0.4, -0.2) is 44.7 Å². The van der Waals surface area contributed by atoms with Crippen molar-refractivity contribution in [1.82, 2.24) is 0 Å². The van der Waals surface area contributed by atoms with Gasteiger partial charge in [-0.3, -0.25) is 4.79 Å². The fourth-order valence-corrected chi connectivity index (χ4v) is 9.30. The summed E-state index contributed by atoms with van der Waals surface area (Å²) in [6.45, 7) is 8.80. The van der Waals surface area contributed by atoms with Gasteiger partial charge < -0.3 is 20.4 Å². The van der Waals surface area contributed by atoms with E-state index in [9.17, 15) is 25.2 Å². The van der Waals surface area contributed by atoms with Crippen molar-refractivity contribution in [2.24, 2.45) is 52.3 Å². The summed E-state index contributed by atoms with van der Waals surface area (Å²) < 4.78 is 0. The molecule has 0 radical (unpaired) electrons. The molecule has 4 aliphatic rings. The number of aliphatic hydroxyl groups is 3. The Hall–Kier alpha value is -0.650. The molecule has 5 nitrogen and oxygen atoms in total. The summed E-state index contributed by atoms with van der Waals surface area (Å²) >= 11 is 0. The van der Waals surface area contributed by atoms with Gasteiger partial charge in [-0.15, -0.1) is 0 Å². The van der Waals surface area contributed by atoms with Crippen LogP contribution < -0.4 is 0 Å². The van der Waals surface area contributed by atoms with Crippen LogP contribution in [0.2, 0.25) is 0 Å². The second-order valence-corrected chi connectivity index (χ2v) is 12.7. The zero-order chi connectivity index (χ0) is 23.4. The number of fused-ring (bicyclic) bond motifs is 5. The lowest BCUT2D eigenvalue weighted by molar-refractivity contribution is -0.172. The SMILES string of the molecule is CC(C(=O)O)C(O)CC[C@@H](C)[C@H]1CC[C@H]2[C@@H]3C[C@H](O)[C@@H]4C[C@H](O)CC[C@]4(C)[C@H]3CC[C@]12C. The zero-order valence-electron chi connectivity index (χ0n) is 20.5. The number of aliphatic hydroxyl groups excluding tert-OH is 3. The lowest BCUT2D eigenvalue weighted by Gasteiger charge is -2.62. The van der Waals surface area contributed by atoms with Gasteiger partial charge in [0.2, 0.25) is 0 Å². The molecule has 0 heterocycles. The van der Waals surface area contributed by atoms with Crippen molar-refractivity contribution < 1.29 is 25.2 Å². The Morgan fingerprint density at radius 1 is 0.906 bits per heavy atom. The summed E-state index contributed by atoms with van der Waals surface area (Å²) in [5.41, 5.74) is 0.435. The minimum Gasteiger partial charge on any atom is -0.481 e. The predicted molar refractivity (Wildman–Crippen MR) is 124 cm³/mol. The molecule has 0 amide bonds. The van der Waals surface area contributed by atoms with Crippen molar-refractivity contribution in [2.75, 3.05) is 0 Å². The lowest BCUT2D eigenvalue weighted by Crippen LogP contribution is -2.58. The maximum absolute atomic E-state index is 11.2. The summed E-state index contributed by atoms with van der Waals surface area (Å²) in [5.74, 6) is 1.58. The van der Waals surface area contributed by atoms with Crippen LogP contribution in [0, 0.1) is 52.3 Å². The molecular weight excluding hydrogens is 404 g/mol. The fraction of sp³-hybridized carbons (Fsp3) is 0.963. The number of hydrogen-bond acceptors (Lipinski definition) is 4. The highest BCUT2D eigenvalue weighted by Gasteiger charge is 2.62. The van der Waals surface area contributed by atoms with E-state index in [1.54, 1.807) is 6.92 Å². The summed E-state index contributed by atoms with van der Waals surface area (Å²) in [6, 6.07) is 0. The van der Waals surface area contributed by atoms with Crippen molar-refractivity contribution in [3.05, 3.63) is 0 Å². The fourth-order valence-electron chi connectivity index (χ4n) is 9.30. The van der Waals surface area contributed by atoms with Crippen molar-refractivity contribution in [3.63, 3.8) is 0 Å². The van der Waals surface area contributed by atoms with Crippen molar-refractivity contribution in [1.29, 1.82) is 0 Å². The largest absolute Gasteiger partial charge is 0.481 e. The van der Waals surface area contributed by atoms with Crippen LogP contribution in [0.3, 0.4) is 0 Å². The molecule has 0 aromatic rings. The van der Waals surface area contributed by atoms with E-state index >= 15 is 0 Å². The molecule has 0 aromatic carbocycles. The smallest absolute Gasteiger partial charge is 0.308 e. The molecule has 0 aliphatic heterocycles. The van der Waals surface area contributed by atoms with E-state index in [1.165, 1.54) is 25.7 Å². The van der Waals surface area contributed by atoms with Crippen molar-refractivity contribution in [3.8, 4) is 0 Å². The van der Waals surface area contributed by atoms with Gasteiger partial charge in [-0.2, -0.15) is 0 Å². The molecule has 0 saturated heterocycles. The standard InChI is InChI=1S/C27H46O5/c1-15(5-8-23(29)16(2)25(31)32)19-6-7-20-18-14-24(30)22-13-17(28)9-11-27(22,4)21(18)10-12-26(19,20)3/h15-24,28-30H,5-14H2,1-4H3,(H,31,32)/t15-,16?,17-,18+,19-,20+,21+,22+,23?,24+,26-,27-/m1/s1. The van der Waals surface area contributed by atoms with Crippen LogP contribution >= 0.6 is 0 Å². The van der Waals surface area contributed by atoms with Gasteiger partial charge in [0.25, 0.3) is 0 Å². The molecule has 5 heteroatoms. The van der Waals surface area contributed by atoms with Gasteiger partial charge in [-0.05, 0) is 117 Å². The number of aliphatic carboxylic acids is 1. The Balaban J connectivity index is 1.46. The summed E-state index contributed by atoms with van der Waals surface area (Å²) in [5, 5.41) is 40.9. The van der Waals surface area contributed by atoms with E-state index < -0.39 is 18.0 Å². The molecule has 4 rings (SSSR count). The van der Waals surface area contributed by atoms with Gasteiger partial charge in [0.05, 0.1) is 24.2 Å². The Kier molecular flexibility index (Phi) is 6.77. The normalized spacial score (nSPS) is 48.8. The average molecular weight is 451 g/mol. The average Bonchev–Trinajstić information content (AvgIpc) is 3.10. The Morgan fingerprint density at radius 3 is 2.25 bits per heavy atom. The summed E-state index contributed by atoms with van der Waals surface area (Å²) in [6.07, 6.45) is 8.61. The number of carbonyl (C=O) groups is 1. The second-order valence-electron chi connectivity index (χ2n) is 12.7. The number of hydrogen-bond donors (Lipinski definition) is 4. The first-order valence-electron chi connectivity index (χ1n) is 13.3. The topological polar surface area (TPSA) is 98.0 Å². The Morgan fingerprint density at radius 2 is 1.56 bits per heavy atom. The van der Waals surface area contributed by atoms with Gasteiger partial charge in [-0.25, -0.2) is 0 Å². The first-order chi connectivity index (χ1) is 15.0. The van der Waals surface area contributed by atoms with Gasteiger partial charge >= 0.3 is 5.97 Å². The van der Waals surface area contributed by atoms with E-state index in [1.807, 2.05) is 0 Å². The van der Waals surface area contributed by atoms with Gasteiger partial charge in [-0.1, -0.05) is 20.8 Å². The van der Waals surface area contributed by atoms with E-state index in [2.05, 4.69) is 20.8 Å². The molecule has 184 valence electrons. The quantitative estimate of drug-likeness (QED) is 0.478. The van der Waals surface area contributed by atoms with E-state index in [-0.39, 0.29) is 29.0 Å². The van der Waals surface area contributed by atoms with Crippen molar-refractivity contribution in [2.45, 2.75) is 110 Å². The number of carboxylic acids is 1. The zero-order valence-corrected chi connectivity index (χ0v) is 20.5. The molecule has 32 heavy (non-hydrogen) atoms. The molecule has 4 saturated carbocycles. The molecule has 4 aliphatic carbocycles. The maximum atomic E-state index is 11.2. The Bertz CT molecular complexity index is 696. The van der Waals surface area contributed by atoms with E-state index in [0.29, 0.717) is 36.0 Å². The minimum atomic E-state index is -0.922. The monoisotopic (exact) mass is 450 g/mol. The highest BCUT2D eigenvalue weighted by Crippen LogP contribution is 2.68. The highest BCUT2D eigenvalue weighted by atomic mass is 16.4. The molecule has 0 aromatic heterocycles. The molecule has 0 spiro atoms. The molecular formula is C27H46O5. The highest BCUT2D eigenvalue weighted by molar-refractivity contribution is 5.70. The third-order valence-corrected chi connectivity index (χ3v) is 11.3. The third-order valence-electron chi connectivity index (χ3n) is 11.3. The first kappa shape index (κ1) is 24.5. The third kappa shape index (κ3) is 3.94. The van der Waals surface area contributed by atoms with E-state index in [0.717, 1.165) is 32.1 Å². The first-order valence-corrected chi connectivity index (χ1v) is 13.3. The predicted octanol–water partition coefficient (Wildman–Crippen LogP) is 4.47. The molecule has 4 fully saturated rings. The van der Waals surface area contributed by atoms with Crippen LogP contribution in [0.15, 0.2) is 0 Å². The van der Waals surface area contributed by atoms with Crippen LogP contribution in [-0.2, 0) is 4.79 Å². The number of carboxylic acid groups (broad SMARTS) is 1. The molecule has 0 bridgehead atoms. The summed E-state index contributed by atoms with van der Waals surface area (Å²) in [4.78, 5) is 11.2. The van der Waals surface area contributed by atoms with Gasteiger partial charge in [0.15, 0.2) is 0 Å². The molecule has 12 atom stereocenters. The van der Waals surface area contributed by atoms with Crippen LogP contribution in [0.4, 0.5) is 0 Å². The maximum Gasteiger partial charge on any atom is 0.308 e. The van der Waals surface area contributed by atoms with E-state index in [4.69, 9.17) is 0 Å². The van der Waals surface area contributed by atoms with Crippen LogP contribution in [0.1, 0.15) is 91.9 Å². The van der Waals surface area contributed by atoms with Crippen LogP contribution in [0.25, 0.3) is 0 Å². The van der Waals surface area contributed by atoms with Crippen LogP contribution in [0.5, 0.6) is 0 Å². The second kappa shape index (κ2) is 8.85.